The summed E-state index contributed by atoms with van der Waals surface area (Å²) in [5, 5.41) is 3.28. The number of nitrogens with one attached hydrogen (secondary N) is 1. The molecule has 1 aliphatic heterocycles. The van der Waals surface area contributed by atoms with Crippen LogP contribution in [-0.2, 0) is 11.3 Å². The molecular weight excluding hydrogens is 326 g/mol. The van der Waals surface area contributed by atoms with Gasteiger partial charge in [0.1, 0.15) is 5.75 Å². The van der Waals surface area contributed by atoms with Crippen molar-refractivity contribution >= 4 is 11.6 Å². The summed E-state index contributed by atoms with van der Waals surface area (Å²) in [6.07, 6.45) is 0. The van der Waals surface area contributed by atoms with Crippen LogP contribution in [0.2, 0.25) is 0 Å². The molecule has 5 heteroatoms. The molecule has 1 saturated heterocycles. The highest BCUT2D eigenvalue weighted by atomic mass is 16.5. The number of para-hydroxylation sites is 2. The summed E-state index contributed by atoms with van der Waals surface area (Å²) in [6.45, 7) is 6.32. The minimum Gasteiger partial charge on any atom is -0.495 e. The van der Waals surface area contributed by atoms with Crippen molar-refractivity contribution < 1.29 is 9.53 Å². The van der Waals surface area contributed by atoms with Crippen LogP contribution in [-0.4, -0.2) is 50.6 Å². The predicted octanol–water partition coefficient (Wildman–Crippen LogP) is 2.44. The van der Waals surface area contributed by atoms with Crippen LogP contribution in [0.15, 0.2) is 48.5 Å². The Balaban J connectivity index is 1.47. The number of methoxy groups -OCH3 is 1. The number of hydrogen-bond acceptors (Lipinski definition) is 4. The minimum atomic E-state index is 0.165. The molecule has 1 N–H and O–H groups in total. The molecule has 0 aromatic heterocycles. The van der Waals surface area contributed by atoms with Gasteiger partial charge in [0.15, 0.2) is 0 Å². The molecule has 5 nitrogen and oxygen atoms in total. The van der Waals surface area contributed by atoms with Gasteiger partial charge in [0, 0.05) is 32.7 Å². The van der Waals surface area contributed by atoms with E-state index in [4.69, 9.17) is 4.74 Å². The number of anilines is 1. The van der Waals surface area contributed by atoms with E-state index in [0.717, 1.165) is 44.2 Å². The Morgan fingerprint density at radius 2 is 1.73 bits per heavy atom. The van der Waals surface area contributed by atoms with E-state index >= 15 is 0 Å². The molecule has 138 valence electrons. The van der Waals surface area contributed by atoms with E-state index in [1.807, 2.05) is 35.2 Å². The minimum absolute atomic E-state index is 0.165. The van der Waals surface area contributed by atoms with Gasteiger partial charge in [-0.05, 0) is 30.2 Å². The van der Waals surface area contributed by atoms with Gasteiger partial charge < -0.3 is 19.9 Å². The zero-order valence-corrected chi connectivity index (χ0v) is 15.6. The number of carbonyl (C=O) groups excluding carboxylic acids is 1. The van der Waals surface area contributed by atoms with Crippen molar-refractivity contribution in [3.05, 3.63) is 59.7 Å². The number of benzene rings is 2. The summed E-state index contributed by atoms with van der Waals surface area (Å²) in [7, 11) is 1.69. The molecule has 2 aromatic carbocycles. The summed E-state index contributed by atoms with van der Waals surface area (Å²) in [5.41, 5.74) is 3.58. The highest BCUT2D eigenvalue weighted by Crippen LogP contribution is 2.28. The van der Waals surface area contributed by atoms with Crippen LogP contribution in [0.4, 0.5) is 5.69 Å². The number of nitrogens with zero attached hydrogens (tertiary/aromatic N) is 2. The SMILES string of the molecule is COc1ccccc1N1CCN(C(=O)CNCc2ccccc2C)CC1. The molecule has 0 radical (unpaired) electrons. The lowest BCUT2D eigenvalue weighted by Crippen LogP contribution is -2.50. The van der Waals surface area contributed by atoms with Crippen LogP contribution >= 0.6 is 0 Å². The van der Waals surface area contributed by atoms with E-state index in [1.165, 1.54) is 11.1 Å². The number of piperazine rings is 1. The van der Waals surface area contributed by atoms with Gasteiger partial charge in [-0.25, -0.2) is 0 Å². The molecule has 26 heavy (non-hydrogen) atoms. The first-order chi connectivity index (χ1) is 12.7. The van der Waals surface area contributed by atoms with Gasteiger partial charge in [0.2, 0.25) is 5.91 Å². The Morgan fingerprint density at radius 3 is 2.46 bits per heavy atom. The fraction of sp³-hybridized carbons (Fsp3) is 0.381. The summed E-state index contributed by atoms with van der Waals surface area (Å²) >= 11 is 0. The molecule has 2 aromatic rings. The Kier molecular flexibility index (Phi) is 6.12. The fourth-order valence-corrected chi connectivity index (χ4v) is 3.31. The number of rotatable bonds is 6. The van der Waals surface area contributed by atoms with Crippen molar-refractivity contribution in [1.82, 2.24) is 10.2 Å². The van der Waals surface area contributed by atoms with Gasteiger partial charge in [-0.1, -0.05) is 36.4 Å². The third kappa shape index (κ3) is 4.35. The van der Waals surface area contributed by atoms with Crippen LogP contribution < -0.4 is 15.0 Å². The lowest BCUT2D eigenvalue weighted by molar-refractivity contribution is -0.130. The van der Waals surface area contributed by atoms with Crippen LogP contribution in [0.1, 0.15) is 11.1 Å². The van der Waals surface area contributed by atoms with Gasteiger partial charge in [-0.3, -0.25) is 4.79 Å². The molecule has 0 bridgehead atoms. The highest BCUT2D eigenvalue weighted by molar-refractivity contribution is 5.78. The van der Waals surface area contributed by atoms with E-state index in [2.05, 4.69) is 35.3 Å². The Hall–Kier alpha value is -2.53. The van der Waals surface area contributed by atoms with Crippen molar-refractivity contribution in [2.75, 3.05) is 44.7 Å². The average molecular weight is 353 g/mol. The molecule has 1 heterocycles. The summed E-state index contributed by atoms with van der Waals surface area (Å²) in [5.74, 6) is 1.05. The smallest absolute Gasteiger partial charge is 0.236 e. The monoisotopic (exact) mass is 353 g/mol. The third-order valence-electron chi connectivity index (χ3n) is 4.91. The van der Waals surface area contributed by atoms with Gasteiger partial charge in [-0.15, -0.1) is 0 Å². The van der Waals surface area contributed by atoms with E-state index in [1.54, 1.807) is 7.11 Å². The first-order valence-electron chi connectivity index (χ1n) is 9.10. The van der Waals surface area contributed by atoms with Gasteiger partial charge in [-0.2, -0.15) is 0 Å². The summed E-state index contributed by atoms with van der Waals surface area (Å²) in [4.78, 5) is 16.7. The zero-order valence-electron chi connectivity index (χ0n) is 15.6. The standard InChI is InChI=1S/C21H27N3O2/c1-17-7-3-4-8-18(17)15-22-16-21(25)24-13-11-23(12-14-24)19-9-5-6-10-20(19)26-2/h3-10,22H,11-16H2,1-2H3. The predicted molar refractivity (Wildman–Crippen MR) is 105 cm³/mol. The second-order valence-electron chi connectivity index (χ2n) is 6.57. The molecule has 0 spiro atoms. The summed E-state index contributed by atoms with van der Waals surface area (Å²) in [6, 6.07) is 16.3. The molecule has 1 aliphatic rings. The zero-order chi connectivity index (χ0) is 18.4. The van der Waals surface area contributed by atoms with Crippen molar-refractivity contribution in [2.45, 2.75) is 13.5 Å². The Bertz CT molecular complexity index is 740. The number of hydrogen-bond donors (Lipinski definition) is 1. The van der Waals surface area contributed by atoms with E-state index in [9.17, 15) is 4.79 Å². The number of amides is 1. The maximum Gasteiger partial charge on any atom is 0.236 e. The van der Waals surface area contributed by atoms with Crippen molar-refractivity contribution in [3.63, 3.8) is 0 Å². The number of ether oxygens (including phenoxy) is 1. The van der Waals surface area contributed by atoms with Crippen LogP contribution in [0.25, 0.3) is 0 Å². The van der Waals surface area contributed by atoms with Gasteiger partial charge >= 0.3 is 0 Å². The lowest BCUT2D eigenvalue weighted by Gasteiger charge is -2.36. The molecule has 1 amide bonds. The molecular formula is C21H27N3O2. The van der Waals surface area contributed by atoms with E-state index < -0.39 is 0 Å². The largest absolute Gasteiger partial charge is 0.495 e. The first-order valence-corrected chi connectivity index (χ1v) is 9.10. The quantitative estimate of drug-likeness (QED) is 0.866. The van der Waals surface area contributed by atoms with Crippen LogP contribution in [0.5, 0.6) is 5.75 Å². The van der Waals surface area contributed by atoms with Gasteiger partial charge in [0.25, 0.3) is 0 Å². The second-order valence-corrected chi connectivity index (χ2v) is 6.57. The molecule has 3 rings (SSSR count). The van der Waals surface area contributed by atoms with Crippen LogP contribution in [0, 0.1) is 6.92 Å². The Labute approximate surface area is 155 Å². The van der Waals surface area contributed by atoms with E-state index in [-0.39, 0.29) is 5.91 Å². The fourth-order valence-electron chi connectivity index (χ4n) is 3.31. The number of aryl methyl sites for hydroxylation is 1. The van der Waals surface area contributed by atoms with Crippen molar-refractivity contribution in [3.8, 4) is 5.75 Å². The van der Waals surface area contributed by atoms with Crippen molar-refractivity contribution in [2.24, 2.45) is 0 Å². The topological polar surface area (TPSA) is 44.8 Å². The van der Waals surface area contributed by atoms with Crippen molar-refractivity contribution in [1.29, 1.82) is 0 Å². The highest BCUT2D eigenvalue weighted by Gasteiger charge is 2.22. The molecule has 0 aliphatic carbocycles. The normalized spacial score (nSPS) is 14.4. The third-order valence-corrected chi connectivity index (χ3v) is 4.91. The maximum atomic E-state index is 12.5. The number of carbonyl (C=O) groups is 1. The molecule has 0 saturated carbocycles. The molecule has 0 atom stereocenters. The average Bonchev–Trinajstić information content (AvgIpc) is 2.69. The molecule has 0 unspecified atom stereocenters. The first kappa shape index (κ1) is 18.3. The summed E-state index contributed by atoms with van der Waals surface area (Å²) < 4.78 is 5.45. The van der Waals surface area contributed by atoms with Crippen LogP contribution in [0.3, 0.4) is 0 Å². The maximum absolute atomic E-state index is 12.5. The van der Waals surface area contributed by atoms with E-state index in [0.29, 0.717) is 6.54 Å². The Morgan fingerprint density at radius 1 is 1.04 bits per heavy atom. The van der Waals surface area contributed by atoms with Gasteiger partial charge in [0.05, 0.1) is 19.3 Å². The second kappa shape index (κ2) is 8.72. The molecule has 1 fully saturated rings. The lowest BCUT2D eigenvalue weighted by atomic mass is 10.1.